The summed E-state index contributed by atoms with van der Waals surface area (Å²) in [5.74, 6) is 1.10. The van der Waals surface area contributed by atoms with E-state index in [0.29, 0.717) is 17.9 Å². The van der Waals surface area contributed by atoms with E-state index in [9.17, 15) is 0 Å². The molecule has 2 unspecified atom stereocenters. The van der Waals surface area contributed by atoms with E-state index in [-0.39, 0.29) is 0 Å². The molecule has 1 saturated carbocycles. The van der Waals surface area contributed by atoms with Crippen LogP contribution in [0, 0.1) is 6.92 Å². The third-order valence-corrected chi connectivity index (χ3v) is 4.12. The SMILES string of the molecule is Cc1ccnc2c1nc(N)n2C1CC1c1ccccc1. The van der Waals surface area contributed by atoms with Crippen molar-refractivity contribution in [1.82, 2.24) is 14.5 Å². The van der Waals surface area contributed by atoms with Gasteiger partial charge >= 0.3 is 0 Å². The predicted molar refractivity (Wildman–Crippen MR) is 79.5 cm³/mol. The zero-order valence-electron chi connectivity index (χ0n) is 11.3. The molecule has 2 N–H and O–H groups in total. The number of fused-ring (bicyclic) bond motifs is 1. The number of hydrogen-bond acceptors (Lipinski definition) is 3. The molecule has 1 aromatic carbocycles. The summed E-state index contributed by atoms with van der Waals surface area (Å²) in [5, 5.41) is 0. The monoisotopic (exact) mass is 264 g/mol. The first-order valence-corrected chi connectivity index (χ1v) is 6.89. The minimum absolute atomic E-state index is 0.386. The Kier molecular flexibility index (Phi) is 2.33. The summed E-state index contributed by atoms with van der Waals surface area (Å²) in [6.45, 7) is 2.04. The van der Waals surface area contributed by atoms with Gasteiger partial charge in [0.25, 0.3) is 0 Å². The topological polar surface area (TPSA) is 56.7 Å². The molecule has 0 bridgehead atoms. The molecule has 2 aromatic heterocycles. The Balaban J connectivity index is 1.78. The highest BCUT2D eigenvalue weighted by Crippen LogP contribution is 2.53. The van der Waals surface area contributed by atoms with Crippen LogP contribution in [0.2, 0.25) is 0 Å². The second-order valence-corrected chi connectivity index (χ2v) is 5.46. The molecule has 0 spiro atoms. The van der Waals surface area contributed by atoms with Gasteiger partial charge in [0.05, 0.1) is 0 Å². The summed E-state index contributed by atoms with van der Waals surface area (Å²) >= 11 is 0. The van der Waals surface area contributed by atoms with Crippen LogP contribution in [0.15, 0.2) is 42.6 Å². The molecule has 3 aromatic rings. The fourth-order valence-corrected chi connectivity index (χ4v) is 2.98. The predicted octanol–water partition coefficient (Wildman–Crippen LogP) is 3.05. The fourth-order valence-electron chi connectivity index (χ4n) is 2.98. The van der Waals surface area contributed by atoms with E-state index in [4.69, 9.17) is 5.73 Å². The van der Waals surface area contributed by atoms with Gasteiger partial charge in [-0.15, -0.1) is 0 Å². The molecule has 20 heavy (non-hydrogen) atoms. The van der Waals surface area contributed by atoms with E-state index in [2.05, 4.69) is 38.8 Å². The summed E-state index contributed by atoms with van der Waals surface area (Å²) in [6.07, 6.45) is 2.94. The van der Waals surface area contributed by atoms with Crippen molar-refractivity contribution in [2.45, 2.75) is 25.3 Å². The number of imidazole rings is 1. The van der Waals surface area contributed by atoms with Gasteiger partial charge in [0.1, 0.15) is 5.52 Å². The summed E-state index contributed by atoms with van der Waals surface area (Å²) in [6, 6.07) is 12.9. The van der Waals surface area contributed by atoms with E-state index in [1.165, 1.54) is 5.56 Å². The molecule has 100 valence electrons. The first-order valence-electron chi connectivity index (χ1n) is 6.89. The zero-order valence-corrected chi connectivity index (χ0v) is 11.3. The maximum atomic E-state index is 6.12. The molecule has 1 aliphatic carbocycles. The lowest BCUT2D eigenvalue weighted by atomic mass is 10.1. The number of benzene rings is 1. The van der Waals surface area contributed by atoms with Gasteiger partial charge < -0.3 is 5.73 Å². The van der Waals surface area contributed by atoms with Crippen LogP contribution in [-0.4, -0.2) is 14.5 Å². The summed E-state index contributed by atoms with van der Waals surface area (Å²) in [5.41, 5.74) is 10.4. The molecule has 4 heteroatoms. The van der Waals surface area contributed by atoms with Crippen molar-refractivity contribution < 1.29 is 0 Å². The smallest absolute Gasteiger partial charge is 0.202 e. The Hall–Kier alpha value is -2.36. The minimum atomic E-state index is 0.386. The molecule has 0 aliphatic heterocycles. The Morgan fingerprint density at radius 1 is 1.20 bits per heavy atom. The maximum Gasteiger partial charge on any atom is 0.202 e. The molecular weight excluding hydrogens is 248 g/mol. The van der Waals surface area contributed by atoms with Gasteiger partial charge in [-0.1, -0.05) is 30.3 Å². The van der Waals surface area contributed by atoms with Crippen molar-refractivity contribution in [3.63, 3.8) is 0 Å². The number of nitrogen functional groups attached to an aromatic ring is 1. The number of rotatable bonds is 2. The van der Waals surface area contributed by atoms with Crippen LogP contribution in [-0.2, 0) is 0 Å². The van der Waals surface area contributed by atoms with Crippen LogP contribution in [0.3, 0.4) is 0 Å². The molecule has 0 amide bonds. The Morgan fingerprint density at radius 3 is 2.80 bits per heavy atom. The van der Waals surface area contributed by atoms with Gasteiger partial charge in [0, 0.05) is 18.2 Å². The Labute approximate surface area is 117 Å². The molecule has 1 aliphatic rings. The first kappa shape index (κ1) is 11.5. The number of anilines is 1. The number of aromatic nitrogens is 3. The van der Waals surface area contributed by atoms with Gasteiger partial charge in [-0.05, 0) is 30.5 Å². The lowest BCUT2D eigenvalue weighted by molar-refractivity contribution is 0.743. The molecule has 2 atom stereocenters. The van der Waals surface area contributed by atoms with E-state index < -0.39 is 0 Å². The lowest BCUT2D eigenvalue weighted by Gasteiger charge is -2.05. The van der Waals surface area contributed by atoms with Crippen LogP contribution < -0.4 is 5.73 Å². The van der Waals surface area contributed by atoms with Crippen molar-refractivity contribution in [3.05, 3.63) is 53.7 Å². The van der Waals surface area contributed by atoms with Gasteiger partial charge in [-0.25, -0.2) is 9.97 Å². The fraction of sp³-hybridized carbons (Fsp3) is 0.250. The van der Waals surface area contributed by atoms with E-state index in [1.54, 1.807) is 0 Å². The highest BCUT2D eigenvalue weighted by molar-refractivity contribution is 5.78. The minimum Gasteiger partial charge on any atom is -0.369 e. The summed E-state index contributed by atoms with van der Waals surface area (Å²) < 4.78 is 2.10. The van der Waals surface area contributed by atoms with E-state index >= 15 is 0 Å². The van der Waals surface area contributed by atoms with Gasteiger partial charge in [0.15, 0.2) is 5.65 Å². The average molecular weight is 264 g/mol. The standard InChI is InChI=1S/C16H16N4/c1-10-7-8-18-15-14(10)19-16(17)20(15)13-9-12(13)11-5-3-2-4-6-11/h2-8,12-13H,9H2,1H3,(H2,17,19). The molecule has 0 saturated heterocycles. The number of nitrogens with zero attached hydrogens (tertiary/aromatic N) is 3. The number of hydrogen-bond donors (Lipinski definition) is 1. The summed E-state index contributed by atoms with van der Waals surface area (Å²) in [7, 11) is 0. The lowest BCUT2D eigenvalue weighted by Crippen LogP contribution is -2.03. The highest BCUT2D eigenvalue weighted by Gasteiger charge is 2.42. The third kappa shape index (κ3) is 1.61. The van der Waals surface area contributed by atoms with Gasteiger partial charge in [-0.2, -0.15) is 0 Å². The first-order chi connectivity index (χ1) is 9.75. The van der Waals surface area contributed by atoms with Crippen molar-refractivity contribution in [3.8, 4) is 0 Å². The highest BCUT2D eigenvalue weighted by atomic mass is 15.2. The van der Waals surface area contributed by atoms with Gasteiger partial charge in [-0.3, -0.25) is 4.57 Å². The largest absolute Gasteiger partial charge is 0.369 e. The molecule has 4 nitrogen and oxygen atoms in total. The maximum absolute atomic E-state index is 6.12. The summed E-state index contributed by atoms with van der Waals surface area (Å²) in [4.78, 5) is 8.95. The number of aryl methyl sites for hydroxylation is 1. The van der Waals surface area contributed by atoms with E-state index in [0.717, 1.165) is 23.1 Å². The zero-order chi connectivity index (χ0) is 13.7. The molecule has 4 rings (SSSR count). The second kappa shape index (κ2) is 4.07. The molecular formula is C16H16N4. The Morgan fingerprint density at radius 2 is 2.00 bits per heavy atom. The van der Waals surface area contributed by atoms with E-state index in [1.807, 2.05) is 25.3 Å². The van der Waals surface area contributed by atoms with Crippen LogP contribution >= 0.6 is 0 Å². The van der Waals surface area contributed by atoms with Crippen molar-refractivity contribution in [1.29, 1.82) is 0 Å². The van der Waals surface area contributed by atoms with Crippen LogP contribution in [0.4, 0.5) is 5.95 Å². The van der Waals surface area contributed by atoms with Gasteiger partial charge in [0.2, 0.25) is 5.95 Å². The quantitative estimate of drug-likeness (QED) is 0.774. The van der Waals surface area contributed by atoms with Crippen LogP contribution in [0.5, 0.6) is 0 Å². The number of nitrogens with two attached hydrogens (primary N) is 1. The van der Waals surface area contributed by atoms with Crippen LogP contribution in [0.1, 0.15) is 29.5 Å². The van der Waals surface area contributed by atoms with Crippen LogP contribution in [0.25, 0.3) is 11.2 Å². The molecule has 1 fully saturated rings. The normalized spacial score (nSPS) is 21.2. The number of pyridine rings is 1. The molecule has 0 radical (unpaired) electrons. The van der Waals surface area contributed by atoms with Crippen molar-refractivity contribution in [2.75, 3.05) is 5.73 Å². The van der Waals surface area contributed by atoms with Crippen molar-refractivity contribution >= 4 is 17.1 Å². The van der Waals surface area contributed by atoms with Crippen molar-refractivity contribution in [2.24, 2.45) is 0 Å². The third-order valence-electron chi connectivity index (χ3n) is 4.12. The second-order valence-electron chi connectivity index (χ2n) is 5.46. The average Bonchev–Trinajstić information content (AvgIpc) is 3.17. The molecule has 2 heterocycles. The Bertz CT molecular complexity index is 776.